The molecule has 1 aliphatic carbocycles. The molecule has 2 aromatic rings. The maximum Gasteiger partial charge on any atom is 0.184 e. The van der Waals surface area contributed by atoms with E-state index in [-0.39, 0.29) is 5.11 Å². The van der Waals surface area contributed by atoms with Crippen molar-refractivity contribution in [1.29, 1.82) is 0 Å². The van der Waals surface area contributed by atoms with Crippen LogP contribution in [0.3, 0.4) is 0 Å². The minimum Gasteiger partial charge on any atom is -0.497 e. The third kappa shape index (κ3) is 4.03. The molecule has 26 heavy (non-hydrogen) atoms. The highest BCUT2D eigenvalue weighted by molar-refractivity contribution is 7.80. The quantitative estimate of drug-likeness (QED) is 0.641. The second kappa shape index (κ2) is 8.01. The zero-order chi connectivity index (χ0) is 18.5. The number of methoxy groups -OCH3 is 2. The van der Waals surface area contributed by atoms with E-state index in [1.165, 1.54) is 5.56 Å². The molecule has 0 spiro atoms. The van der Waals surface area contributed by atoms with E-state index in [4.69, 9.17) is 27.4 Å². The van der Waals surface area contributed by atoms with Gasteiger partial charge < -0.3 is 15.2 Å². The smallest absolute Gasteiger partial charge is 0.184 e. The molecular weight excluding hydrogens is 346 g/mol. The number of rotatable bonds is 4. The summed E-state index contributed by atoms with van der Waals surface area (Å²) in [5.41, 5.74) is 13.6. The van der Waals surface area contributed by atoms with Crippen molar-refractivity contribution < 1.29 is 9.47 Å². The summed E-state index contributed by atoms with van der Waals surface area (Å²) in [6.07, 6.45) is 3.91. The zero-order valence-electron chi connectivity index (χ0n) is 14.8. The van der Waals surface area contributed by atoms with Crippen molar-refractivity contribution in [3.63, 3.8) is 0 Å². The Hall–Kier alpha value is -2.86. The minimum absolute atomic E-state index is 0.141. The first-order chi connectivity index (χ1) is 12.6. The lowest BCUT2D eigenvalue weighted by Gasteiger charge is -2.22. The summed E-state index contributed by atoms with van der Waals surface area (Å²) in [6.45, 7) is 0. The molecule has 0 heterocycles. The number of benzene rings is 2. The zero-order valence-corrected chi connectivity index (χ0v) is 15.6. The number of hydrogen-bond acceptors (Lipinski definition) is 4. The van der Waals surface area contributed by atoms with Crippen LogP contribution in [0.2, 0.25) is 0 Å². The van der Waals surface area contributed by atoms with Crippen LogP contribution in [0, 0.1) is 0 Å². The van der Waals surface area contributed by atoms with Crippen molar-refractivity contribution in [2.75, 3.05) is 14.2 Å². The minimum atomic E-state index is 0.141. The molecule has 6 heteroatoms. The van der Waals surface area contributed by atoms with Gasteiger partial charge in [-0.2, -0.15) is 5.10 Å². The molecule has 0 unspecified atom stereocenters. The fraction of sp³-hybridized carbons (Fsp3) is 0.200. The average molecular weight is 367 g/mol. The van der Waals surface area contributed by atoms with Gasteiger partial charge in [0.2, 0.25) is 0 Å². The molecule has 3 N–H and O–H groups in total. The number of ether oxygens (including phenoxy) is 2. The molecule has 5 nitrogen and oxygen atoms in total. The van der Waals surface area contributed by atoms with E-state index in [9.17, 15) is 0 Å². The number of nitrogens with zero attached hydrogens (tertiary/aromatic N) is 1. The van der Waals surface area contributed by atoms with Gasteiger partial charge in [-0.25, -0.2) is 0 Å². The fourth-order valence-corrected chi connectivity index (χ4v) is 3.03. The van der Waals surface area contributed by atoms with Crippen LogP contribution in [0.1, 0.15) is 23.1 Å². The Bertz CT molecular complexity index is 873. The van der Waals surface area contributed by atoms with Gasteiger partial charge in [-0.15, -0.1) is 0 Å². The van der Waals surface area contributed by atoms with E-state index in [2.05, 4.69) is 22.7 Å². The molecule has 3 rings (SSSR count). The number of thiocarbonyl (C=S) groups is 1. The first-order valence-electron chi connectivity index (χ1n) is 8.26. The Morgan fingerprint density at radius 2 is 1.77 bits per heavy atom. The van der Waals surface area contributed by atoms with Gasteiger partial charge in [0.15, 0.2) is 5.11 Å². The third-order valence-electron chi connectivity index (χ3n) is 4.27. The summed E-state index contributed by atoms with van der Waals surface area (Å²) >= 11 is 4.90. The number of hydrazone groups is 1. The first-order valence-corrected chi connectivity index (χ1v) is 8.67. The fourth-order valence-electron chi connectivity index (χ4n) is 2.98. The molecule has 0 aliphatic heterocycles. The lowest BCUT2D eigenvalue weighted by molar-refractivity contribution is 0.414. The van der Waals surface area contributed by atoms with E-state index in [1.807, 2.05) is 36.4 Å². The first kappa shape index (κ1) is 17.9. The van der Waals surface area contributed by atoms with Crippen LogP contribution < -0.4 is 20.6 Å². The largest absolute Gasteiger partial charge is 0.497 e. The predicted molar refractivity (Wildman–Crippen MR) is 109 cm³/mol. The number of nitrogens with one attached hydrogen (secondary N) is 1. The molecule has 0 saturated carbocycles. The lowest BCUT2D eigenvalue weighted by Crippen LogP contribution is -2.27. The highest BCUT2D eigenvalue weighted by Gasteiger charge is 2.21. The van der Waals surface area contributed by atoms with Gasteiger partial charge in [0.1, 0.15) is 11.5 Å². The molecule has 0 atom stereocenters. The van der Waals surface area contributed by atoms with E-state index < -0.39 is 0 Å². The van der Waals surface area contributed by atoms with Crippen molar-refractivity contribution in [2.24, 2.45) is 10.8 Å². The molecule has 0 bridgehead atoms. The van der Waals surface area contributed by atoms with Crippen LogP contribution in [0.25, 0.3) is 6.08 Å². The number of nitrogens with two attached hydrogens (primary N) is 1. The van der Waals surface area contributed by atoms with Crippen LogP contribution in [-0.4, -0.2) is 25.0 Å². The lowest BCUT2D eigenvalue weighted by atomic mass is 9.85. The van der Waals surface area contributed by atoms with Crippen LogP contribution in [0.5, 0.6) is 11.5 Å². The number of allylic oxidation sites excluding steroid dienone is 1. The Morgan fingerprint density at radius 1 is 1.08 bits per heavy atom. The molecule has 2 aromatic carbocycles. The molecule has 0 aromatic heterocycles. The summed E-state index contributed by atoms with van der Waals surface area (Å²) in [6, 6.07) is 13.9. The third-order valence-corrected chi connectivity index (χ3v) is 4.36. The summed E-state index contributed by atoms with van der Waals surface area (Å²) in [7, 11) is 3.33. The highest BCUT2D eigenvalue weighted by atomic mass is 32.1. The van der Waals surface area contributed by atoms with Gasteiger partial charge in [0, 0.05) is 5.56 Å². The van der Waals surface area contributed by atoms with Gasteiger partial charge in [-0.05, 0) is 78.2 Å². The van der Waals surface area contributed by atoms with E-state index in [0.717, 1.165) is 46.8 Å². The Kier molecular flexibility index (Phi) is 5.53. The monoisotopic (exact) mass is 367 g/mol. The second-order valence-corrected chi connectivity index (χ2v) is 6.34. The molecule has 134 valence electrons. The van der Waals surface area contributed by atoms with Crippen molar-refractivity contribution >= 4 is 29.1 Å². The molecule has 0 radical (unpaired) electrons. The van der Waals surface area contributed by atoms with Gasteiger partial charge in [-0.1, -0.05) is 12.1 Å². The van der Waals surface area contributed by atoms with Crippen molar-refractivity contribution in [2.45, 2.75) is 12.8 Å². The Balaban J connectivity index is 2.01. The van der Waals surface area contributed by atoms with Gasteiger partial charge in [-0.3, -0.25) is 5.43 Å². The topological polar surface area (TPSA) is 68.9 Å². The summed E-state index contributed by atoms with van der Waals surface area (Å²) < 4.78 is 10.6. The van der Waals surface area contributed by atoms with Crippen LogP contribution in [0.15, 0.2) is 53.1 Å². The standard InChI is InChI=1S/C20H21N3O2S/c1-24-16-7-3-13(4-8-16)11-15-6-5-14-12-17(25-2)9-10-18(14)19(15)22-23-20(21)26/h3-4,7-12H,5-6H2,1-2H3,(H3,21,23,26)/b15-11+,22-19+. The van der Waals surface area contributed by atoms with Gasteiger partial charge >= 0.3 is 0 Å². The second-order valence-electron chi connectivity index (χ2n) is 5.90. The van der Waals surface area contributed by atoms with Gasteiger partial charge in [0.25, 0.3) is 0 Å². The molecule has 0 fully saturated rings. The average Bonchev–Trinajstić information content (AvgIpc) is 2.67. The number of hydrogen-bond donors (Lipinski definition) is 2. The number of fused-ring (bicyclic) bond motifs is 1. The molecule has 1 aliphatic rings. The predicted octanol–water partition coefficient (Wildman–Crippen LogP) is 3.27. The SMILES string of the molecule is COc1ccc(/C=C2\CCc3cc(OC)ccc3\C2=N\NC(N)=S)cc1. The number of aryl methyl sites for hydroxylation is 1. The summed E-state index contributed by atoms with van der Waals surface area (Å²) in [5, 5.41) is 4.60. The highest BCUT2D eigenvalue weighted by Crippen LogP contribution is 2.30. The Labute approximate surface area is 158 Å². The summed E-state index contributed by atoms with van der Waals surface area (Å²) in [5.74, 6) is 1.67. The van der Waals surface area contributed by atoms with Crippen molar-refractivity contribution in [1.82, 2.24) is 5.43 Å². The van der Waals surface area contributed by atoms with E-state index in [0.29, 0.717) is 0 Å². The normalized spacial score (nSPS) is 16.2. The molecule has 0 saturated heterocycles. The molecular formula is C20H21N3O2S. The van der Waals surface area contributed by atoms with Crippen LogP contribution in [0.4, 0.5) is 0 Å². The van der Waals surface area contributed by atoms with Crippen molar-refractivity contribution in [3.05, 3.63) is 64.7 Å². The van der Waals surface area contributed by atoms with E-state index >= 15 is 0 Å². The Morgan fingerprint density at radius 3 is 2.42 bits per heavy atom. The van der Waals surface area contributed by atoms with Crippen LogP contribution in [-0.2, 0) is 6.42 Å². The summed E-state index contributed by atoms with van der Waals surface area (Å²) in [4.78, 5) is 0. The van der Waals surface area contributed by atoms with Crippen molar-refractivity contribution in [3.8, 4) is 11.5 Å². The maximum atomic E-state index is 5.57. The van der Waals surface area contributed by atoms with E-state index in [1.54, 1.807) is 14.2 Å². The van der Waals surface area contributed by atoms with Gasteiger partial charge in [0.05, 0.1) is 19.9 Å². The van der Waals surface area contributed by atoms with Crippen LogP contribution >= 0.6 is 12.2 Å². The maximum absolute atomic E-state index is 5.57. The molecule has 0 amide bonds.